The van der Waals surface area contributed by atoms with Crippen LogP contribution in [0.2, 0.25) is 0 Å². The van der Waals surface area contributed by atoms with Crippen LogP contribution >= 0.6 is 11.6 Å². The topological polar surface area (TPSA) is 69.2 Å². The van der Waals surface area contributed by atoms with Crippen molar-refractivity contribution < 1.29 is 4.92 Å². The van der Waals surface area contributed by atoms with E-state index < -0.39 is 4.92 Å². The predicted molar refractivity (Wildman–Crippen MR) is 66.6 cm³/mol. The predicted octanol–water partition coefficient (Wildman–Crippen LogP) is 3.13. The third-order valence-electron chi connectivity index (χ3n) is 2.10. The van der Waals surface area contributed by atoms with Crippen LogP contribution in [-0.2, 0) is 0 Å². The number of rotatable bonds is 4. The highest BCUT2D eigenvalue weighted by atomic mass is 35.5. The Kier molecular flexibility index (Phi) is 4.31. The Hall–Kier alpha value is -1.55. The SMILES string of the molecule is Cc1cc(C=CCCCl)c(N)c([N+](=O)[O-])c1. The van der Waals surface area contributed by atoms with Gasteiger partial charge in [0, 0.05) is 17.5 Å². The highest BCUT2D eigenvalue weighted by Gasteiger charge is 2.14. The van der Waals surface area contributed by atoms with Gasteiger partial charge >= 0.3 is 0 Å². The number of allylic oxidation sites excluding steroid dienone is 1. The lowest BCUT2D eigenvalue weighted by molar-refractivity contribution is -0.383. The van der Waals surface area contributed by atoms with Crippen LogP contribution in [0.5, 0.6) is 0 Å². The lowest BCUT2D eigenvalue weighted by Gasteiger charge is -2.03. The molecule has 0 aliphatic heterocycles. The van der Waals surface area contributed by atoms with Crippen LogP contribution in [0.1, 0.15) is 17.5 Å². The van der Waals surface area contributed by atoms with E-state index in [4.69, 9.17) is 17.3 Å². The highest BCUT2D eigenvalue weighted by molar-refractivity contribution is 6.17. The summed E-state index contributed by atoms with van der Waals surface area (Å²) in [4.78, 5) is 10.3. The third kappa shape index (κ3) is 2.97. The van der Waals surface area contributed by atoms with E-state index in [0.29, 0.717) is 17.9 Å². The molecule has 0 fully saturated rings. The Balaban J connectivity index is 3.14. The Labute approximate surface area is 98.9 Å². The lowest BCUT2D eigenvalue weighted by atomic mass is 10.1. The number of hydrogen-bond acceptors (Lipinski definition) is 3. The van der Waals surface area contributed by atoms with Crippen LogP contribution in [0, 0.1) is 17.0 Å². The van der Waals surface area contributed by atoms with Gasteiger partial charge < -0.3 is 5.73 Å². The van der Waals surface area contributed by atoms with Gasteiger partial charge in [0.05, 0.1) is 4.92 Å². The number of nitrogen functional groups attached to an aromatic ring is 1. The summed E-state index contributed by atoms with van der Waals surface area (Å²) in [6.45, 7) is 1.80. The molecule has 4 nitrogen and oxygen atoms in total. The molecule has 0 heterocycles. The monoisotopic (exact) mass is 240 g/mol. The molecule has 0 radical (unpaired) electrons. The molecular weight excluding hydrogens is 228 g/mol. The number of nitrogens with two attached hydrogens (primary N) is 1. The first kappa shape index (κ1) is 12.5. The van der Waals surface area contributed by atoms with Gasteiger partial charge in [-0.2, -0.15) is 0 Å². The largest absolute Gasteiger partial charge is 0.393 e. The smallest absolute Gasteiger partial charge is 0.292 e. The van der Waals surface area contributed by atoms with Crippen molar-refractivity contribution in [3.8, 4) is 0 Å². The summed E-state index contributed by atoms with van der Waals surface area (Å²) in [7, 11) is 0. The summed E-state index contributed by atoms with van der Waals surface area (Å²) < 4.78 is 0. The van der Waals surface area contributed by atoms with Crippen molar-refractivity contribution in [2.75, 3.05) is 11.6 Å². The second-order valence-corrected chi connectivity index (χ2v) is 3.80. The van der Waals surface area contributed by atoms with E-state index in [2.05, 4.69) is 0 Å². The van der Waals surface area contributed by atoms with E-state index >= 15 is 0 Å². The molecule has 0 unspecified atom stereocenters. The van der Waals surface area contributed by atoms with Crippen LogP contribution in [0.15, 0.2) is 18.2 Å². The molecule has 0 aliphatic carbocycles. The number of aryl methyl sites for hydroxylation is 1. The Morgan fingerprint density at radius 2 is 2.25 bits per heavy atom. The van der Waals surface area contributed by atoms with Crippen LogP contribution in [0.3, 0.4) is 0 Å². The maximum atomic E-state index is 10.7. The molecule has 1 aromatic carbocycles. The third-order valence-corrected chi connectivity index (χ3v) is 2.32. The molecule has 1 aromatic rings. The van der Waals surface area contributed by atoms with E-state index in [1.54, 1.807) is 13.0 Å². The molecule has 0 saturated heterocycles. The molecule has 0 aliphatic rings. The van der Waals surface area contributed by atoms with Gasteiger partial charge in [-0.05, 0) is 25.0 Å². The summed E-state index contributed by atoms with van der Waals surface area (Å²) >= 11 is 5.53. The Morgan fingerprint density at radius 3 is 2.81 bits per heavy atom. The summed E-state index contributed by atoms with van der Waals surface area (Å²) in [5, 5.41) is 10.7. The fraction of sp³-hybridized carbons (Fsp3) is 0.273. The quantitative estimate of drug-likeness (QED) is 0.380. The molecule has 0 aromatic heterocycles. The van der Waals surface area contributed by atoms with Gasteiger partial charge in [-0.15, -0.1) is 11.6 Å². The van der Waals surface area contributed by atoms with E-state index in [0.717, 1.165) is 5.56 Å². The van der Waals surface area contributed by atoms with Crippen molar-refractivity contribution in [3.63, 3.8) is 0 Å². The van der Waals surface area contributed by atoms with Crippen molar-refractivity contribution >= 4 is 29.1 Å². The van der Waals surface area contributed by atoms with Gasteiger partial charge in [0.2, 0.25) is 0 Å². The average Bonchev–Trinajstić information content (AvgIpc) is 2.22. The lowest BCUT2D eigenvalue weighted by Crippen LogP contribution is -1.98. The van der Waals surface area contributed by atoms with E-state index in [1.807, 2.05) is 12.1 Å². The zero-order valence-electron chi connectivity index (χ0n) is 8.94. The molecule has 2 N–H and O–H groups in total. The highest BCUT2D eigenvalue weighted by Crippen LogP contribution is 2.27. The molecule has 5 heteroatoms. The minimum atomic E-state index is -0.471. The molecule has 1 rings (SSSR count). The van der Waals surface area contributed by atoms with E-state index in [-0.39, 0.29) is 11.4 Å². The zero-order chi connectivity index (χ0) is 12.1. The molecule has 0 spiro atoms. The van der Waals surface area contributed by atoms with Crippen LogP contribution < -0.4 is 5.73 Å². The molecule has 86 valence electrons. The van der Waals surface area contributed by atoms with Crippen LogP contribution in [0.4, 0.5) is 11.4 Å². The van der Waals surface area contributed by atoms with Gasteiger partial charge in [0.1, 0.15) is 5.69 Å². The van der Waals surface area contributed by atoms with Crippen molar-refractivity contribution in [1.82, 2.24) is 0 Å². The summed E-state index contributed by atoms with van der Waals surface area (Å²) in [6.07, 6.45) is 4.32. The van der Waals surface area contributed by atoms with Crippen LogP contribution in [-0.4, -0.2) is 10.8 Å². The average molecular weight is 241 g/mol. The van der Waals surface area contributed by atoms with Crippen molar-refractivity contribution in [2.24, 2.45) is 0 Å². The Bertz CT molecular complexity index is 430. The van der Waals surface area contributed by atoms with Crippen molar-refractivity contribution in [3.05, 3.63) is 39.4 Å². The summed E-state index contributed by atoms with van der Waals surface area (Å²) in [6, 6.07) is 3.28. The number of anilines is 1. The molecular formula is C11H13ClN2O2. The van der Waals surface area contributed by atoms with E-state index in [9.17, 15) is 10.1 Å². The number of alkyl halides is 1. The number of nitrogens with zero attached hydrogens (tertiary/aromatic N) is 1. The maximum Gasteiger partial charge on any atom is 0.292 e. The van der Waals surface area contributed by atoms with E-state index in [1.165, 1.54) is 6.07 Å². The zero-order valence-corrected chi connectivity index (χ0v) is 9.70. The number of halogens is 1. The number of hydrogen-bond donors (Lipinski definition) is 1. The van der Waals surface area contributed by atoms with Gasteiger partial charge in [0.15, 0.2) is 0 Å². The standard InChI is InChI=1S/C11H13ClN2O2/c1-8-6-9(4-2-3-5-12)11(13)10(7-8)14(15)16/h2,4,6-7H,3,5,13H2,1H3. The minimum Gasteiger partial charge on any atom is -0.393 e. The number of nitro groups is 1. The molecule has 0 bridgehead atoms. The van der Waals surface area contributed by atoms with Gasteiger partial charge in [0.25, 0.3) is 5.69 Å². The number of nitro benzene ring substituents is 1. The minimum absolute atomic E-state index is 0.0504. The fourth-order valence-corrected chi connectivity index (χ4v) is 1.49. The second-order valence-electron chi connectivity index (χ2n) is 3.42. The first-order chi connectivity index (χ1) is 7.56. The summed E-state index contributed by atoms with van der Waals surface area (Å²) in [5.74, 6) is 0.518. The molecule has 16 heavy (non-hydrogen) atoms. The molecule has 0 amide bonds. The summed E-state index contributed by atoms with van der Waals surface area (Å²) in [5.41, 5.74) is 7.33. The first-order valence-corrected chi connectivity index (χ1v) is 5.36. The first-order valence-electron chi connectivity index (χ1n) is 4.83. The van der Waals surface area contributed by atoms with Gasteiger partial charge in [-0.3, -0.25) is 10.1 Å². The molecule has 0 atom stereocenters. The number of benzene rings is 1. The van der Waals surface area contributed by atoms with Crippen molar-refractivity contribution in [2.45, 2.75) is 13.3 Å². The maximum absolute atomic E-state index is 10.7. The second kappa shape index (κ2) is 5.51. The normalized spacial score (nSPS) is 10.9. The van der Waals surface area contributed by atoms with Crippen molar-refractivity contribution in [1.29, 1.82) is 0 Å². The fourth-order valence-electron chi connectivity index (χ4n) is 1.37. The van der Waals surface area contributed by atoms with Crippen LogP contribution in [0.25, 0.3) is 6.08 Å². The van der Waals surface area contributed by atoms with Gasteiger partial charge in [-0.1, -0.05) is 12.2 Å². The van der Waals surface area contributed by atoms with Gasteiger partial charge in [-0.25, -0.2) is 0 Å². The Morgan fingerprint density at radius 1 is 1.56 bits per heavy atom. The molecule has 0 saturated carbocycles.